The number of imidazole rings is 1. The summed E-state index contributed by atoms with van der Waals surface area (Å²) in [5.41, 5.74) is 2.55. The third-order valence-corrected chi connectivity index (χ3v) is 5.46. The van der Waals surface area contributed by atoms with Crippen LogP contribution in [0.2, 0.25) is 5.02 Å². The molecule has 0 radical (unpaired) electrons. The van der Waals surface area contributed by atoms with Crippen molar-refractivity contribution in [3.8, 4) is 11.3 Å². The molecule has 3 aromatic heterocycles. The van der Waals surface area contributed by atoms with Gasteiger partial charge in [0.15, 0.2) is 11.5 Å². The minimum absolute atomic E-state index is 0.000433. The first kappa shape index (κ1) is 19.1. The molecular formula is C20H21ClFN7O. The van der Waals surface area contributed by atoms with E-state index in [-0.39, 0.29) is 17.1 Å². The monoisotopic (exact) mass is 429 g/mol. The molecule has 1 fully saturated rings. The lowest BCUT2D eigenvalue weighted by molar-refractivity contribution is 0.195. The van der Waals surface area contributed by atoms with E-state index in [9.17, 15) is 0 Å². The molecule has 156 valence electrons. The Morgan fingerprint density at radius 1 is 1.33 bits per heavy atom. The maximum absolute atomic E-state index is 15.1. The third kappa shape index (κ3) is 3.23. The van der Waals surface area contributed by atoms with E-state index >= 15 is 4.39 Å². The average Bonchev–Trinajstić information content (AvgIpc) is 3.45. The quantitative estimate of drug-likeness (QED) is 0.442. The van der Waals surface area contributed by atoms with Crippen molar-refractivity contribution in [1.82, 2.24) is 24.6 Å². The predicted molar refractivity (Wildman–Crippen MR) is 115 cm³/mol. The summed E-state index contributed by atoms with van der Waals surface area (Å²) < 4.78 is 22.4. The molecule has 1 atom stereocenters. The molecule has 1 saturated heterocycles. The number of nitrogens with one attached hydrogen (secondary N) is 3. The van der Waals surface area contributed by atoms with Crippen LogP contribution < -0.4 is 10.6 Å². The highest BCUT2D eigenvalue weighted by Crippen LogP contribution is 2.40. The molecule has 8 nitrogen and oxygen atoms in total. The van der Waals surface area contributed by atoms with Gasteiger partial charge in [-0.25, -0.2) is 9.37 Å². The fourth-order valence-corrected chi connectivity index (χ4v) is 4.04. The van der Waals surface area contributed by atoms with Gasteiger partial charge in [-0.2, -0.15) is 5.10 Å². The largest absolute Gasteiger partial charge is 0.379 e. The standard InChI is InChI=1S/C20H21ClFN7O/c1-10(2)25-20-18(22)17(21)16(12-5-24-28-19(12)20)13-7-29-8-14(27-15(29)6-23-13)26-11-3-4-30-9-11/h5-8,10-11,25-26H,3-4,9H2,1-2H3,(H,24,28). The maximum atomic E-state index is 15.1. The molecule has 0 spiro atoms. The van der Waals surface area contributed by atoms with E-state index in [2.05, 4.69) is 30.8 Å². The minimum Gasteiger partial charge on any atom is -0.379 e. The van der Waals surface area contributed by atoms with Gasteiger partial charge in [-0.15, -0.1) is 0 Å². The predicted octanol–water partition coefficient (Wildman–Crippen LogP) is 4.09. The van der Waals surface area contributed by atoms with Crippen LogP contribution in [-0.4, -0.2) is 49.9 Å². The molecule has 0 saturated carbocycles. The van der Waals surface area contributed by atoms with Crippen molar-refractivity contribution in [3.63, 3.8) is 0 Å². The molecule has 1 aromatic carbocycles. The summed E-state index contributed by atoms with van der Waals surface area (Å²) in [6.45, 7) is 5.28. The molecule has 1 unspecified atom stereocenters. The number of fused-ring (bicyclic) bond motifs is 2. The van der Waals surface area contributed by atoms with Crippen molar-refractivity contribution < 1.29 is 9.13 Å². The van der Waals surface area contributed by atoms with Crippen LogP contribution in [0.15, 0.2) is 24.8 Å². The number of halogens is 2. The molecule has 0 bridgehead atoms. The van der Waals surface area contributed by atoms with Crippen molar-refractivity contribution in [3.05, 3.63) is 35.6 Å². The number of hydrogen-bond donors (Lipinski definition) is 3. The van der Waals surface area contributed by atoms with E-state index in [4.69, 9.17) is 16.3 Å². The highest BCUT2D eigenvalue weighted by Gasteiger charge is 2.23. The molecule has 1 aliphatic heterocycles. The second kappa shape index (κ2) is 7.41. The van der Waals surface area contributed by atoms with E-state index < -0.39 is 5.82 Å². The van der Waals surface area contributed by atoms with Crippen molar-refractivity contribution in [2.45, 2.75) is 32.4 Å². The number of anilines is 2. The Balaban J connectivity index is 1.59. The summed E-state index contributed by atoms with van der Waals surface area (Å²) in [5.74, 6) is 0.208. The van der Waals surface area contributed by atoms with E-state index in [1.54, 1.807) is 18.6 Å². The first-order valence-corrected chi connectivity index (χ1v) is 10.2. The Morgan fingerprint density at radius 3 is 2.97 bits per heavy atom. The van der Waals surface area contributed by atoms with Crippen LogP contribution >= 0.6 is 11.6 Å². The molecule has 10 heteroatoms. The molecule has 1 aliphatic rings. The summed E-state index contributed by atoms with van der Waals surface area (Å²) in [7, 11) is 0. The molecule has 4 heterocycles. The summed E-state index contributed by atoms with van der Waals surface area (Å²) in [6, 6.07) is 0.280. The van der Waals surface area contributed by atoms with Gasteiger partial charge in [-0.05, 0) is 20.3 Å². The lowest BCUT2D eigenvalue weighted by atomic mass is 10.1. The fourth-order valence-electron chi connectivity index (χ4n) is 3.74. The van der Waals surface area contributed by atoms with Crippen LogP contribution in [0.1, 0.15) is 20.3 Å². The highest BCUT2D eigenvalue weighted by atomic mass is 35.5. The van der Waals surface area contributed by atoms with Crippen molar-refractivity contribution in [1.29, 1.82) is 0 Å². The Labute approximate surface area is 176 Å². The summed E-state index contributed by atoms with van der Waals surface area (Å²) in [5, 5.41) is 14.1. The van der Waals surface area contributed by atoms with Gasteiger partial charge in [0.25, 0.3) is 0 Å². The Morgan fingerprint density at radius 2 is 2.20 bits per heavy atom. The number of rotatable bonds is 5. The number of benzene rings is 1. The number of aromatic amines is 1. The smallest absolute Gasteiger partial charge is 0.167 e. The fraction of sp³-hybridized carbons (Fsp3) is 0.350. The number of H-pyrrole nitrogens is 1. The maximum Gasteiger partial charge on any atom is 0.167 e. The molecule has 5 rings (SSSR count). The normalized spacial score (nSPS) is 16.8. The third-order valence-electron chi connectivity index (χ3n) is 5.10. The van der Waals surface area contributed by atoms with Gasteiger partial charge >= 0.3 is 0 Å². The molecular weight excluding hydrogens is 409 g/mol. The van der Waals surface area contributed by atoms with Gasteiger partial charge < -0.3 is 19.8 Å². The minimum atomic E-state index is -0.534. The van der Waals surface area contributed by atoms with Crippen molar-refractivity contribution in [2.75, 3.05) is 23.8 Å². The van der Waals surface area contributed by atoms with Gasteiger partial charge in [-0.1, -0.05) is 11.6 Å². The number of aromatic nitrogens is 5. The van der Waals surface area contributed by atoms with Gasteiger partial charge in [0.05, 0.1) is 53.2 Å². The van der Waals surface area contributed by atoms with E-state index in [0.29, 0.717) is 40.1 Å². The van der Waals surface area contributed by atoms with Crippen molar-refractivity contribution in [2.24, 2.45) is 0 Å². The highest BCUT2D eigenvalue weighted by molar-refractivity contribution is 6.35. The number of ether oxygens (including phenoxy) is 1. The van der Waals surface area contributed by atoms with Gasteiger partial charge in [0, 0.05) is 29.8 Å². The van der Waals surface area contributed by atoms with Gasteiger partial charge in [0.1, 0.15) is 5.82 Å². The lowest BCUT2D eigenvalue weighted by Gasteiger charge is -2.15. The Kier molecular flexibility index (Phi) is 4.71. The zero-order valence-corrected chi connectivity index (χ0v) is 17.3. The SMILES string of the molecule is CC(C)Nc1c(F)c(Cl)c(-c2cn3cc(NC4CCOC4)nc3cn2)c2cn[nH]c12. The van der Waals surface area contributed by atoms with Crippen LogP contribution in [-0.2, 0) is 4.74 Å². The van der Waals surface area contributed by atoms with Crippen LogP contribution in [0, 0.1) is 5.82 Å². The summed E-state index contributed by atoms with van der Waals surface area (Å²) >= 11 is 6.47. The molecule has 0 aliphatic carbocycles. The zero-order valence-electron chi connectivity index (χ0n) is 16.5. The Hall–Kier alpha value is -2.91. The first-order chi connectivity index (χ1) is 14.5. The second-order valence-corrected chi connectivity index (χ2v) is 8.08. The van der Waals surface area contributed by atoms with Crippen molar-refractivity contribution >= 4 is 39.7 Å². The number of nitrogens with zero attached hydrogens (tertiary/aromatic N) is 4. The molecule has 4 aromatic rings. The summed E-state index contributed by atoms with van der Waals surface area (Å²) in [6.07, 6.45) is 7.90. The molecule has 3 N–H and O–H groups in total. The van der Waals surface area contributed by atoms with E-state index in [1.165, 1.54) is 0 Å². The van der Waals surface area contributed by atoms with E-state index in [1.807, 2.05) is 24.4 Å². The van der Waals surface area contributed by atoms with Gasteiger partial charge in [0.2, 0.25) is 0 Å². The second-order valence-electron chi connectivity index (χ2n) is 7.70. The topological polar surface area (TPSA) is 92.2 Å². The lowest BCUT2D eigenvalue weighted by Crippen LogP contribution is -2.18. The first-order valence-electron chi connectivity index (χ1n) is 9.81. The molecule has 0 amide bonds. The number of hydrogen-bond acceptors (Lipinski definition) is 6. The van der Waals surface area contributed by atoms with Crippen LogP contribution in [0.5, 0.6) is 0 Å². The van der Waals surface area contributed by atoms with Crippen LogP contribution in [0.4, 0.5) is 15.9 Å². The van der Waals surface area contributed by atoms with E-state index in [0.717, 1.165) is 18.8 Å². The summed E-state index contributed by atoms with van der Waals surface area (Å²) in [4.78, 5) is 9.04. The zero-order chi connectivity index (χ0) is 20.8. The van der Waals surface area contributed by atoms with Crippen LogP contribution in [0.3, 0.4) is 0 Å². The average molecular weight is 430 g/mol. The van der Waals surface area contributed by atoms with Gasteiger partial charge in [-0.3, -0.25) is 10.1 Å². The Bertz CT molecular complexity index is 1230. The molecule has 30 heavy (non-hydrogen) atoms. The van der Waals surface area contributed by atoms with Crippen LogP contribution in [0.25, 0.3) is 27.8 Å².